The third-order valence-electron chi connectivity index (χ3n) is 6.98. The Morgan fingerprint density at radius 1 is 1.25 bits per heavy atom. The number of rotatable bonds is 5. The number of aryl methyl sites for hydroxylation is 1. The zero-order valence-electron chi connectivity index (χ0n) is 18.1. The summed E-state index contributed by atoms with van der Waals surface area (Å²) in [6.07, 6.45) is 6.57. The fourth-order valence-electron chi connectivity index (χ4n) is 4.96. The summed E-state index contributed by atoms with van der Waals surface area (Å²) in [7, 11) is -3.30. The van der Waals surface area contributed by atoms with E-state index in [0.717, 1.165) is 37.7 Å². The zero-order chi connectivity index (χ0) is 22.7. The van der Waals surface area contributed by atoms with Crippen molar-refractivity contribution in [2.24, 2.45) is 5.41 Å². The van der Waals surface area contributed by atoms with Crippen molar-refractivity contribution < 1.29 is 12.8 Å². The maximum atomic E-state index is 14.4. The highest BCUT2D eigenvalue weighted by atomic mass is 32.2. The SMILES string of the molecule is CCS(=O)(=O)c1ccc(Nc2ncc3cc(F)c(=O)n(C4CCCC45CC5)c3n2)c(C)c1. The number of anilines is 2. The molecule has 2 saturated carbocycles. The first-order valence-electron chi connectivity index (χ1n) is 10.9. The van der Waals surface area contributed by atoms with Crippen LogP contribution in [0.3, 0.4) is 0 Å². The highest BCUT2D eigenvalue weighted by molar-refractivity contribution is 7.91. The van der Waals surface area contributed by atoms with Crippen LogP contribution in [-0.2, 0) is 9.84 Å². The lowest BCUT2D eigenvalue weighted by Crippen LogP contribution is -2.30. The molecule has 0 aliphatic heterocycles. The van der Waals surface area contributed by atoms with Gasteiger partial charge in [-0.2, -0.15) is 4.98 Å². The molecule has 1 aromatic carbocycles. The van der Waals surface area contributed by atoms with Gasteiger partial charge >= 0.3 is 0 Å². The molecule has 5 rings (SSSR count). The second-order valence-corrected chi connectivity index (χ2v) is 11.2. The Morgan fingerprint density at radius 3 is 2.72 bits per heavy atom. The van der Waals surface area contributed by atoms with Gasteiger partial charge in [-0.15, -0.1) is 0 Å². The highest BCUT2D eigenvalue weighted by Crippen LogP contribution is 2.63. The predicted molar refractivity (Wildman–Crippen MR) is 120 cm³/mol. The summed E-state index contributed by atoms with van der Waals surface area (Å²) >= 11 is 0. The molecule has 0 saturated heterocycles. The molecular weight excluding hydrogens is 431 g/mol. The Hall–Kier alpha value is -2.81. The number of halogens is 1. The van der Waals surface area contributed by atoms with Crippen LogP contribution in [-0.4, -0.2) is 28.7 Å². The number of benzene rings is 1. The van der Waals surface area contributed by atoms with E-state index in [4.69, 9.17) is 0 Å². The molecule has 7 nitrogen and oxygen atoms in total. The molecule has 32 heavy (non-hydrogen) atoms. The predicted octanol–water partition coefficient (Wildman–Crippen LogP) is 4.28. The quantitative estimate of drug-likeness (QED) is 0.616. The molecular formula is C23H25FN4O3S. The molecule has 168 valence electrons. The van der Waals surface area contributed by atoms with Crippen LogP contribution in [0, 0.1) is 18.2 Å². The molecule has 1 unspecified atom stereocenters. The average Bonchev–Trinajstić information content (AvgIpc) is 3.43. The van der Waals surface area contributed by atoms with E-state index in [-0.39, 0.29) is 28.1 Å². The molecule has 2 aliphatic rings. The molecule has 0 bridgehead atoms. The summed E-state index contributed by atoms with van der Waals surface area (Å²) in [5.74, 6) is -0.480. The number of fused-ring (bicyclic) bond motifs is 1. The molecule has 1 atom stereocenters. The van der Waals surface area contributed by atoms with Crippen LogP contribution < -0.4 is 10.9 Å². The number of aromatic nitrogens is 3. The van der Waals surface area contributed by atoms with Crippen LogP contribution in [0.4, 0.5) is 16.0 Å². The van der Waals surface area contributed by atoms with Crippen molar-refractivity contribution in [1.82, 2.24) is 14.5 Å². The summed E-state index contributed by atoms with van der Waals surface area (Å²) in [4.78, 5) is 22.0. The van der Waals surface area contributed by atoms with Gasteiger partial charge in [-0.1, -0.05) is 13.3 Å². The maximum Gasteiger partial charge on any atom is 0.288 e. The van der Waals surface area contributed by atoms with Gasteiger partial charge in [-0.25, -0.2) is 17.8 Å². The first kappa shape index (κ1) is 21.1. The molecule has 2 aliphatic carbocycles. The minimum absolute atomic E-state index is 0.0315. The number of hydrogen-bond donors (Lipinski definition) is 1. The lowest BCUT2D eigenvalue weighted by atomic mass is 10.00. The smallest absolute Gasteiger partial charge is 0.288 e. The van der Waals surface area contributed by atoms with Crippen LogP contribution >= 0.6 is 0 Å². The van der Waals surface area contributed by atoms with Crippen LogP contribution in [0.2, 0.25) is 0 Å². The Bertz CT molecular complexity index is 1400. The van der Waals surface area contributed by atoms with Crippen molar-refractivity contribution in [2.75, 3.05) is 11.1 Å². The van der Waals surface area contributed by atoms with Crippen molar-refractivity contribution >= 4 is 32.5 Å². The fraction of sp³-hybridized carbons (Fsp3) is 0.435. The fourth-order valence-corrected chi connectivity index (χ4v) is 5.92. The monoisotopic (exact) mass is 456 g/mol. The molecule has 3 aromatic rings. The van der Waals surface area contributed by atoms with E-state index in [1.807, 2.05) is 0 Å². The molecule has 2 aromatic heterocycles. The minimum atomic E-state index is -3.30. The lowest BCUT2D eigenvalue weighted by Gasteiger charge is -2.23. The Balaban J connectivity index is 1.56. The van der Waals surface area contributed by atoms with Gasteiger partial charge in [0.1, 0.15) is 5.65 Å². The van der Waals surface area contributed by atoms with Gasteiger partial charge < -0.3 is 5.32 Å². The van der Waals surface area contributed by atoms with Gasteiger partial charge in [0.05, 0.1) is 10.6 Å². The largest absolute Gasteiger partial charge is 0.324 e. The van der Waals surface area contributed by atoms with Crippen LogP contribution in [0.5, 0.6) is 0 Å². The first-order chi connectivity index (χ1) is 15.2. The maximum absolute atomic E-state index is 14.4. The van der Waals surface area contributed by atoms with E-state index in [1.165, 1.54) is 12.3 Å². The Morgan fingerprint density at radius 2 is 2.03 bits per heavy atom. The highest BCUT2D eigenvalue weighted by Gasteiger charge is 2.53. The number of pyridine rings is 1. The Labute approximate surface area is 185 Å². The molecule has 1 N–H and O–H groups in total. The number of hydrogen-bond acceptors (Lipinski definition) is 6. The molecule has 2 fully saturated rings. The third-order valence-corrected chi connectivity index (χ3v) is 8.71. The normalized spacial score (nSPS) is 19.5. The first-order valence-corrected chi connectivity index (χ1v) is 12.6. The standard InChI is InChI=1S/C23H25FN4O3S/c1-3-32(30,31)16-6-7-18(14(2)11-16)26-22-25-13-15-12-17(24)21(29)28(20(15)27-22)19-5-4-8-23(19)9-10-23/h6-7,11-13,19H,3-5,8-10H2,1-2H3,(H,25,26,27). The van der Waals surface area contributed by atoms with E-state index in [0.29, 0.717) is 16.7 Å². The lowest BCUT2D eigenvalue weighted by molar-refractivity contribution is 0.352. The van der Waals surface area contributed by atoms with Crippen LogP contribution in [0.1, 0.15) is 50.6 Å². The van der Waals surface area contributed by atoms with Gasteiger partial charge in [0, 0.05) is 23.3 Å². The van der Waals surface area contributed by atoms with Crippen molar-refractivity contribution in [3.05, 3.63) is 52.2 Å². The van der Waals surface area contributed by atoms with Gasteiger partial charge in [0.25, 0.3) is 5.56 Å². The Kier molecular flexibility index (Phi) is 4.85. The second-order valence-electron chi connectivity index (χ2n) is 8.92. The van der Waals surface area contributed by atoms with Crippen LogP contribution in [0.25, 0.3) is 11.0 Å². The van der Waals surface area contributed by atoms with Crippen molar-refractivity contribution in [1.29, 1.82) is 0 Å². The van der Waals surface area contributed by atoms with E-state index in [2.05, 4.69) is 15.3 Å². The van der Waals surface area contributed by atoms with Crippen LogP contribution in [0.15, 0.2) is 40.2 Å². The molecule has 0 amide bonds. The number of nitrogens with one attached hydrogen (secondary N) is 1. The van der Waals surface area contributed by atoms with Gasteiger partial charge in [-0.05, 0) is 67.9 Å². The summed E-state index contributed by atoms with van der Waals surface area (Å²) in [5, 5.41) is 3.61. The molecule has 2 heterocycles. The summed E-state index contributed by atoms with van der Waals surface area (Å²) in [6.45, 7) is 3.41. The summed E-state index contributed by atoms with van der Waals surface area (Å²) < 4.78 is 40.3. The van der Waals surface area contributed by atoms with Gasteiger partial charge in [0.15, 0.2) is 15.7 Å². The number of nitrogens with zero attached hydrogens (tertiary/aromatic N) is 3. The third kappa shape index (κ3) is 3.39. The van der Waals surface area contributed by atoms with Gasteiger partial charge in [0.2, 0.25) is 5.95 Å². The average molecular weight is 457 g/mol. The summed E-state index contributed by atoms with van der Waals surface area (Å²) in [6, 6.07) is 6.00. The van der Waals surface area contributed by atoms with E-state index in [9.17, 15) is 17.6 Å². The molecule has 9 heteroatoms. The molecule has 1 spiro atoms. The van der Waals surface area contributed by atoms with E-state index >= 15 is 0 Å². The second kappa shape index (κ2) is 7.37. The zero-order valence-corrected chi connectivity index (χ0v) is 18.9. The van der Waals surface area contributed by atoms with E-state index < -0.39 is 21.2 Å². The van der Waals surface area contributed by atoms with Crippen molar-refractivity contribution in [3.63, 3.8) is 0 Å². The minimum Gasteiger partial charge on any atom is -0.324 e. The summed E-state index contributed by atoms with van der Waals surface area (Å²) in [5.41, 5.74) is 1.28. The van der Waals surface area contributed by atoms with Crippen molar-refractivity contribution in [3.8, 4) is 0 Å². The topological polar surface area (TPSA) is 94.0 Å². The van der Waals surface area contributed by atoms with Gasteiger partial charge in [-0.3, -0.25) is 9.36 Å². The van der Waals surface area contributed by atoms with E-state index in [1.54, 1.807) is 36.6 Å². The number of sulfone groups is 1. The molecule has 0 radical (unpaired) electrons. The van der Waals surface area contributed by atoms with Crippen molar-refractivity contribution in [2.45, 2.75) is 56.9 Å².